The number of nitro benzene ring substituents is 1. The van der Waals surface area contributed by atoms with Crippen LogP contribution in [0.1, 0.15) is 17.2 Å². The van der Waals surface area contributed by atoms with Crippen molar-refractivity contribution in [3.8, 4) is 0 Å². The van der Waals surface area contributed by atoms with Crippen LogP contribution >= 0.6 is 0 Å². The normalized spacial score (nSPS) is 18.5. The summed E-state index contributed by atoms with van der Waals surface area (Å²) in [6, 6.07) is 13.1. The number of hydrogen-bond acceptors (Lipinski definition) is 6. The van der Waals surface area contributed by atoms with Crippen LogP contribution in [0, 0.1) is 10.1 Å². The summed E-state index contributed by atoms with van der Waals surface area (Å²) in [6.07, 6.45) is 0. The van der Waals surface area contributed by atoms with Gasteiger partial charge in [-0.25, -0.2) is 0 Å². The van der Waals surface area contributed by atoms with E-state index in [4.69, 9.17) is 4.74 Å². The van der Waals surface area contributed by atoms with Crippen molar-refractivity contribution in [2.75, 3.05) is 20.3 Å². The molecule has 1 unspecified atom stereocenters. The summed E-state index contributed by atoms with van der Waals surface area (Å²) in [5, 5.41) is 22.3. The second-order valence-corrected chi connectivity index (χ2v) is 6.17. The second-order valence-electron chi connectivity index (χ2n) is 6.17. The van der Waals surface area contributed by atoms with Gasteiger partial charge in [0.25, 0.3) is 17.4 Å². The van der Waals surface area contributed by atoms with Crippen LogP contribution in [0.2, 0.25) is 0 Å². The van der Waals surface area contributed by atoms with E-state index in [0.717, 1.165) is 0 Å². The summed E-state index contributed by atoms with van der Waals surface area (Å²) in [4.78, 5) is 37.5. The third-order valence-corrected chi connectivity index (χ3v) is 4.55. The van der Waals surface area contributed by atoms with E-state index in [9.17, 15) is 24.8 Å². The van der Waals surface area contributed by atoms with Gasteiger partial charge >= 0.3 is 0 Å². The summed E-state index contributed by atoms with van der Waals surface area (Å²) in [5.74, 6) is -2.10. The first kappa shape index (κ1) is 19.2. The van der Waals surface area contributed by atoms with Gasteiger partial charge in [-0.2, -0.15) is 0 Å². The molecule has 1 N–H and O–H groups in total. The zero-order chi connectivity index (χ0) is 20.3. The summed E-state index contributed by atoms with van der Waals surface area (Å²) < 4.78 is 5.01. The molecule has 144 valence electrons. The van der Waals surface area contributed by atoms with Gasteiger partial charge in [-0.1, -0.05) is 42.5 Å². The number of amides is 1. The molecule has 0 spiro atoms. The molecular formula is C20H18N2O6. The molecule has 0 radical (unpaired) electrons. The molecule has 1 atom stereocenters. The van der Waals surface area contributed by atoms with Gasteiger partial charge in [-0.3, -0.25) is 19.7 Å². The Morgan fingerprint density at radius 3 is 2.43 bits per heavy atom. The van der Waals surface area contributed by atoms with Crippen LogP contribution < -0.4 is 0 Å². The number of rotatable bonds is 6. The van der Waals surface area contributed by atoms with Crippen molar-refractivity contribution in [2.45, 2.75) is 6.04 Å². The maximum absolute atomic E-state index is 12.7. The van der Waals surface area contributed by atoms with Crippen molar-refractivity contribution in [1.29, 1.82) is 0 Å². The number of Topliss-reactive ketones (excluding diaryl/α,β-unsaturated/α-hetero) is 1. The molecule has 1 amide bonds. The predicted molar refractivity (Wildman–Crippen MR) is 100 cm³/mol. The summed E-state index contributed by atoms with van der Waals surface area (Å²) in [5.41, 5.74) is 0.0773. The highest BCUT2D eigenvalue weighted by Crippen LogP contribution is 2.42. The molecule has 1 saturated heterocycles. The number of benzene rings is 2. The SMILES string of the molecule is COCCN1C(=O)C(=O)/C(=C(/O)c2ccccc2)C1c1ccccc1[N+](=O)[O-]. The van der Waals surface area contributed by atoms with Crippen LogP contribution in [-0.2, 0) is 14.3 Å². The first-order valence-corrected chi connectivity index (χ1v) is 8.53. The van der Waals surface area contributed by atoms with Crippen molar-refractivity contribution in [3.05, 3.63) is 81.4 Å². The lowest BCUT2D eigenvalue weighted by molar-refractivity contribution is -0.385. The number of carbonyl (C=O) groups is 2. The number of likely N-dealkylation sites (tertiary alicyclic amines) is 1. The van der Waals surface area contributed by atoms with Gasteiger partial charge in [0.1, 0.15) is 5.76 Å². The number of aliphatic hydroxyl groups is 1. The third kappa shape index (κ3) is 3.37. The topological polar surface area (TPSA) is 110 Å². The van der Waals surface area contributed by atoms with Crippen LogP contribution in [0.15, 0.2) is 60.2 Å². The van der Waals surface area contributed by atoms with Gasteiger partial charge in [-0.15, -0.1) is 0 Å². The van der Waals surface area contributed by atoms with Crippen LogP contribution in [0.5, 0.6) is 0 Å². The van der Waals surface area contributed by atoms with Crippen LogP contribution in [0.3, 0.4) is 0 Å². The Hall–Kier alpha value is -3.52. The largest absolute Gasteiger partial charge is 0.507 e. The summed E-state index contributed by atoms with van der Waals surface area (Å²) in [6.45, 7) is 0.179. The maximum Gasteiger partial charge on any atom is 0.295 e. The lowest BCUT2D eigenvalue weighted by atomic mass is 9.94. The van der Waals surface area contributed by atoms with E-state index in [1.807, 2.05) is 0 Å². The quantitative estimate of drug-likeness (QED) is 0.270. The lowest BCUT2D eigenvalue weighted by Gasteiger charge is -2.24. The molecule has 2 aromatic rings. The molecule has 28 heavy (non-hydrogen) atoms. The number of para-hydroxylation sites is 1. The Morgan fingerprint density at radius 2 is 1.79 bits per heavy atom. The van der Waals surface area contributed by atoms with Crippen molar-refractivity contribution in [2.24, 2.45) is 0 Å². The molecule has 8 heteroatoms. The second kappa shape index (κ2) is 8.01. The minimum Gasteiger partial charge on any atom is -0.507 e. The van der Waals surface area contributed by atoms with Gasteiger partial charge in [0.2, 0.25) is 0 Å². The molecule has 1 heterocycles. The van der Waals surface area contributed by atoms with E-state index >= 15 is 0 Å². The molecule has 3 rings (SSSR count). The monoisotopic (exact) mass is 382 g/mol. The Morgan fingerprint density at radius 1 is 1.14 bits per heavy atom. The van der Waals surface area contributed by atoms with Crippen molar-refractivity contribution >= 4 is 23.1 Å². The van der Waals surface area contributed by atoms with E-state index in [1.54, 1.807) is 36.4 Å². The molecular weight excluding hydrogens is 364 g/mol. The number of nitrogens with zero attached hydrogens (tertiary/aromatic N) is 2. The Bertz CT molecular complexity index is 954. The fourth-order valence-corrected chi connectivity index (χ4v) is 3.26. The van der Waals surface area contributed by atoms with E-state index in [1.165, 1.54) is 30.2 Å². The summed E-state index contributed by atoms with van der Waals surface area (Å²) in [7, 11) is 1.44. The molecule has 2 aromatic carbocycles. The Labute approximate surface area is 160 Å². The molecule has 0 aliphatic carbocycles. The van der Waals surface area contributed by atoms with Crippen LogP contribution in [0.4, 0.5) is 5.69 Å². The highest BCUT2D eigenvalue weighted by atomic mass is 16.6. The molecule has 0 saturated carbocycles. The number of nitro groups is 1. The number of ketones is 1. The maximum atomic E-state index is 12.7. The fraction of sp³-hybridized carbons (Fsp3) is 0.200. The smallest absolute Gasteiger partial charge is 0.295 e. The third-order valence-electron chi connectivity index (χ3n) is 4.55. The zero-order valence-electron chi connectivity index (χ0n) is 15.1. The van der Waals surface area contributed by atoms with Crippen LogP contribution in [-0.4, -0.2) is 46.9 Å². The van der Waals surface area contributed by atoms with Crippen molar-refractivity contribution < 1.29 is 24.4 Å². The Balaban J connectivity index is 2.24. The number of hydrogen-bond donors (Lipinski definition) is 1. The molecule has 1 aliphatic rings. The molecule has 1 aliphatic heterocycles. The zero-order valence-corrected chi connectivity index (χ0v) is 15.1. The first-order chi connectivity index (χ1) is 13.5. The number of aliphatic hydroxyl groups excluding tert-OH is 1. The molecule has 1 fully saturated rings. The average Bonchev–Trinajstić information content (AvgIpc) is 2.96. The average molecular weight is 382 g/mol. The van der Waals surface area contributed by atoms with Gasteiger partial charge in [-0.05, 0) is 6.07 Å². The first-order valence-electron chi connectivity index (χ1n) is 8.53. The lowest BCUT2D eigenvalue weighted by Crippen LogP contribution is -2.32. The minimum atomic E-state index is -1.09. The molecule has 8 nitrogen and oxygen atoms in total. The van der Waals surface area contributed by atoms with E-state index in [2.05, 4.69) is 0 Å². The van der Waals surface area contributed by atoms with Crippen molar-refractivity contribution in [1.82, 2.24) is 4.90 Å². The highest BCUT2D eigenvalue weighted by molar-refractivity contribution is 6.46. The number of methoxy groups -OCH3 is 1. The van der Waals surface area contributed by atoms with E-state index < -0.39 is 22.7 Å². The van der Waals surface area contributed by atoms with Crippen molar-refractivity contribution in [3.63, 3.8) is 0 Å². The Kier molecular flexibility index (Phi) is 5.51. The van der Waals surface area contributed by atoms with Crippen LogP contribution in [0.25, 0.3) is 5.76 Å². The van der Waals surface area contributed by atoms with E-state index in [0.29, 0.717) is 5.56 Å². The fourth-order valence-electron chi connectivity index (χ4n) is 3.26. The molecule has 0 aromatic heterocycles. The number of ether oxygens (including phenoxy) is 1. The minimum absolute atomic E-state index is 0.0450. The molecule has 0 bridgehead atoms. The van der Waals surface area contributed by atoms with Gasteiger partial charge in [0.05, 0.1) is 28.7 Å². The predicted octanol–water partition coefficient (Wildman–Crippen LogP) is 2.66. The van der Waals surface area contributed by atoms with Gasteiger partial charge in [0.15, 0.2) is 0 Å². The van der Waals surface area contributed by atoms with E-state index in [-0.39, 0.29) is 35.7 Å². The van der Waals surface area contributed by atoms with Gasteiger partial charge < -0.3 is 14.7 Å². The standard InChI is InChI=1S/C20H18N2O6/c1-28-12-11-21-17(14-9-5-6-10-15(14)22(26)27)16(19(24)20(21)25)18(23)13-7-3-2-4-8-13/h2-10,17,23H,11-12H2,1H3/b18-16+. The highest BCUT2D eigenvalue weighted by Gasteiger charge is 2.47. The van der Waals surface area contributed by atoms with Gasteiger partial charge in [0, 0.05) is 25.3 Å². The summed E-state index contributed by atoms with van der Waals surface area (Å²) >= 11 is 0. The number of carbonyl (C=O) groups excluding carboxylic acids is 2.